The molecule has 0 saturated heterocycles. The first-order chi connectivity index (χ1) is 23.1. The zero-order chi connectivity index (χ0) is 34.5. The second-order valence-corrected chi connectivity index (χ2v) is 13.3. The highest BCUT2D eigenvalue weighted by Crippen LogP contribution is 2.23. The first kappa shape index (κ1) is 36.2. The molecule has 0 bridgehead atoms. The number of aryl methyl sites for hydroxylation is 1. The Morgan fingerprint density at radius 3 is 2.38 bits per heavy atom. The van der Waals surface area contributed by atoms with Gasteiger partial charge < -0.3 is 27.4 Å². The number of benzene rings is 2. The normalized spacial score (nSPS) is 13.5. The summed E-state index contributed by atoms with van der Waals surface area (Å²) >= 11 is 2.64. The Kier molecular flexibility index (Phi) is 13.6. The van der Waals surface area contributed by atoms with Crippen LogP contribution in [0.15, 0.2) is 70.5 Å². The van der Waals surface area contributed by atoms with Gasteiger partial charge in [-0.2, -0.15) is 0 Å². The predicted molar refractivity (Wildman–Crippen MR) is 190 cm³/mol. The third kappa shape index (κ3) is 10.7. The summed E-state index contributed by atoms with van der Waals surface area (Å²) < 4.78 is 0.855. The van der Waals surface area contributed by atoms with E-state index in [9.17, 15) is 19.2 Å². The minimum absolute atomic E-state index is 0.0630. The maximum Gasteiger partial charge on any atom is 0.243 e. The van der Waals surface area contributed by atoms with E-state index in [1.807, 2.05) is 73.8 Å². The summed E-state index contributed by atoms with van der Waals surface area (Å²) in [6.45, 7) is 4.03. The SMILES string of the molecule is CC[C@@H](C)[C@H](NC(=O)[C@H](Cc1cscn1)NC(=O)CCc1ccccc1)C(=O)N[C@@H](CCCN=C(N)N)C(=O)c1nc2ccccc2s1. The van der Waals surface area contributed by atoms with Gasteiger partial charge in [0.15, 0.2) is 11.0 Å². The number of Topliss-reactive ketones (excluding diaryl/α,β-unsaturated/α-hetero) is 1. The Bertz CT molecular complexity index is 1660. The van der Waals surface area contributed by atoms with Crippen molar-refractivity contribution in [2.45, 2.75) is 70.5 Å². The number of hydrogen-bond acceptors (Lipinski definition) is 9. The molecule has 4 aromatic rings. The molecular formula is C34H42N8O4S2. The maximum absolute atomic E-state index is 13.9. The Hall–Kier alpha value is -4.69. The van der Waals surface area contributed by atoms with Gasteiger partial charge in [0.05, 0.1) is 27.5 Å². The number of para-hydroxylation sites is 1. The van der Waals surface area contributed by atoms with Gasteiger partial charge in [0.1, 0.15) is 12.1 Å². The molecule has 7 N–H and O–H groups in total. The molecule has 2 heterocycles. The molecule has 0 aliphatic carbocycles. The van der Waals surface area contributed by atoms with Crippen LogP contribution in [0, 0.1) is 5.92 Å². The van der Waals surface area contributed by atoms with Crippen molar-refractivity contribution in [2.24, 2.45) is 22.4 Å². The summed E-state index contributed by atoms with van der Waals surface area (Å²) in [5.74, 6) is -2.01. The van der Waals surface area contributed by atoms with Crippen LogP contribution in [0.1, 0.15) is 60.6 Å². The Balaban J connectivity index is 1.50. The molecule has 3 amide bonds. The van der Waals surface area contributed by atoms with E-state index in [0.29, 0.717) is 30.5 Å². The molecule has 2 aromatic heterocycles. The molecule has 2 aromatic carbocycles. The topological polar surface area (TPSA) is 195 Å². The Morgan fingerprint density at radius 2 is 1.69 bits per heavy atom. The lowest BCUT2D eigenvalue weighted by molar-refractivity contribution is -0.133. The largest absolute Gasteiger partial charge is 0.370 e. The lowest BCUT2D eigenvalue weighted by Crippen LogP contribution is -2.58. The van der Waals surface area contributed by atoms with Gasteiger partial charge >= 0.3 is 0 Å². The standard InChI is InChI=1S/C34H42N8O4S2/c1-3-21(2)29(42-31(45)26(18-23-19-47-20-38-23)39-28(43)16-15-22-10-5-4-6-11-22)32(46)40-25(13-9-17-37-34(35)36)30(44)33-41-24-12-7-8-14-27(24)48-33/h4-8,10-12,14,19-21,25-26,29H,3,9,13,15-18H2,1-2H3,(H,39,43)(H,40,46)(H,42,45)(H4,35,36,37)/t21-,25+,26+,29+/m1/s1. The molecule has 254 valence electrons. The van der Waals surface area contributed by atoms with E-state index in [-0.39, 0.29) is 54.4 Å². The highest BCUT2D eigenvalue weighted by Gasteiger charge is 2.33. The first-order valence-corrected chi connectivity index (χ1v) is 17.7. The number of aromatic nitrogens is 2. The van der Waals surface area contributed by atoms with Crippen molar-refractivity contribution in [3.63, 3.8) is 0 Å². The maximum atomic E-state index is 13.9. The third-order valence-electron chi connectivity index (χ3n) is 7.91. The van der Waals surface area contributed by atoms with Crippen molar-refractivity contribution < 1.29 is 19.2 Å². The molecule has 0 spiro atoms. The Labute approximate surface area is 287 Å². The number of carbonyl (C=O) groups excluding carboxylic acids is 4. The average Bonchev–Trinajstić information content (AvgIpc) is 3.77. The van der Waals surface area contributed by atoms with E-state index in [2.05, 4.69) is 30.9 Å². The van der Waals surface area contributed by atoms with Crippen molar-refractivity contribution in [2.75, 3.05) is 6.54 Å². The van der Waals surface area contributed by atoms with Gasteiger partial charge in [0.25, 0.3) is 0 Å². The summed E-state index contributed by atoms with van der Waals surface area (Å²) in [4.78, 5) is 67.2. The second kappa shape index (κ2) is 18.0. The van der Waals surface area contributed by atoms with Crippen LogP contribution in [0.25, 0.3) is 10.2 Å². The molecule has 12 nitrogen and oxygen atoms in total. The van der Waals surface area contributed by atoms with Crippen LogP contribution in [-0.4, -0.2) is 64.1 Å². The van der Waals surface area contributed by atoms with Crippen molar-refractivity contribution >= 4 is 62.4 Å². The number of nitrogens with one attached hydrogen (secondary N) is 3. The number of guanidine groups is 1. The molecule has 0 saturated carbocycles. The van der Waals surface area contributed by atoms with Gasteiger partial charge in [-0.1, -0.05) is 62.7 Å². The first-order valence-electron chi connectivity index (χ1n) is 15.9. The van der Waals surface area contributed by atoms with Gasteiger partial charge in [0.2, 0.25) is 23.5 Å². The Morgan fingerprint density at radius 1 is 0.938 bits per heavy atom. The zero-order valence-electron chi connectivity index (χ0n) is 27.1. The number of thiazole rings is 2. The summed E-state index contributed by atoms with van der Waals surface area (Å²) in [5, 5.41) is 10.7. The number of hydrogen-bond donors (Lipinski definition) is 5. The third-order valence-corrected chi connectivity index (χ3v) is 9.59. The highest BCUT2D eigenvalue weighted by molar-refractivity contribution is 7.20. The van der Waals surface area contributed by atoms with Crippen LogP contribution >= 0.6 is 22.7 Å². The molecule has 0 aliphatic rings. The van der Waals surface area contributed by atoms with E-state index in [0.717, 1.165) is 10.3 Å². The van der Waals surface area contributed by atoms with E-state index in [1.54, 1.807) is 5.51 Å². The molecule has 48 heavy (non-hydrogen) atoms. The number of nitrogens with two attached hydrogens (primary N) is 2. The number of aliphatic imine (C=N–C) groups is 1. The lowest BCUT2D eigenvalue weighted by atomic mass is 9.96. The van der Waals surface area contributed by atoms with Crippen molar-refractivity contribution in [1.82, 2.24) is 25.9 Å². The summed E-state index contributed by atoms with van der Waals surface area (Å²) in [7, 11) is 0. The van der Waals surface area contributed by atoms with Crippen LogP contribution in [-0.2, 0) is 27.2 Å². The predicted octanol–water partition coefficient (Wildman–Crippen LogP) is 3.37. The number of rotatable bonds is 18. The van der Waals surface area contributed by atoms with Crippen LogP contribution in [0.4, 0.5) is 0 Å². The van der Waals surface area contributed by atoms with Crippen LogP contribution in [0.3, 0.4) is 0 Å². The quantitative estimate of drug-likeness (QED) is 0.0454. The monoisotopic (exact) mass is 690 g/mol. The number of nitrogens with zero attached hydrogens (tertiary/aromatic N) is 3. The second-order valence-electron chi connectivity index (χ2n) is 11.5. The molecule has 4 atom stereocenters. The molecule has 4 rings (SSSR count). The van der Waals surface area contributed by atoms with Crippen molar-refractivity contribution in [3.05, 3.63) is 81.8 Å². The molecule has 0 unspecified atom stereocenters. The fourth-order valence-electron chi connectivity index (χ4n) is 5.04. The fraction of sp³-hybridized carbons (Fsp3) is 0.382. The van der Waals surface area contributed by atoms with Gasteiger partial charge in [-0.05, 0) is 42.9 Å². The molecule has 14 heteroatoms. The van der Waals surface area contributed by atoms with Crippen molar-refractivity contribution in [3.8, 4) is 0 Å². The average molecular weight is 691 g/mol. The van der Waals surface area contributed by atoms with Crippen LogP contribution in [0.2, 0.25) is 0 Å². The van der Waals surface area contributed by atoms with Gasteiger partial charge in [0, 0.05) is 24.8 Å². The smallest absolute Gasteiger partial charge is 0.243 e. The molecule has 0 fully saturated rings. The highest BCUT2D eigenvalue weighted by atomic mass is 32.1. The van der Waals surface area contributed by atoms with Gasteiger partial charge in [-0.25, -0.2) is 9.97 Å². The molecule has 0 radical (unpaired) electrons. The number of fused-ring (bicyclic) bond motifs is 1. The number of amides is 3. The number of ketones is 1. The van der Waals surface area contributed by atoms with E-state index in [4.69, 9.17) is 11.5 Å². The summed E-state index contributed by atoms with van der Waals surface area (Å²) in [6, 6.07) is 14.2. The van der Waals surface area contributed by atoms with Crippen LogP contribution < -0.4 is 27.4 Å². The van der Waals surface area contributed by atoms with Gasteiger partial charge in [-0.3, -0.25) is 24.2 Å². The summed E-state index contributed by atoms with van der Waals surface area (Å²) in [5.41, 5.74) is 15.0. The van der Waals surface area contributed by atoms with Crippen molar-refractivity contribution in [1.29, 1.82) is 0 Å². The minimum atomic E-state index is -0.981. The van der Waals surface area contributed by atoms with Gasteiger partial charge in [-0.15, -0.1) is 22.7 Å². The fourth-order valence-corrected chi connectivity index (χ4v) is 6.57. The summed E-state index contributed by atoms with van der Waals surface area (Å²) in [6.07, 6.45) is 2.11. The zero-order valence-corrected chi connectivity index (χ0v) is 28.7. The molecule has 0 aliphatic heterocycles. The van der Waals surface area contributed by atoms with E-state index < -0.39 is 29.9 Å². The number of carbonyl (C=O) groups is 4. The van der Waals surface area contributed by atoms with E-state index >= 15 is 0 Å². The van der Waals surface area contributed by atoms with E-state index in [1.165, 1.54) is 22.7 Å². The molecular weight excluding hydrogens is 649 g/mol. The van der Waals surface area contributed by atoms with Crippen LogP contribution in [0.5, 0.6) is 0 Å². The lowest BCUT2D eigenvalue weighted by Gasteiger charge is -2.28. The minimum Gasteiger partial charge on any atom is -0.370 e.